The fourth-order valence-corrected chi connectivity index (χ4v) is 9.17. The quantitative estimate of drug-likeness (QED) is 0.258. The highest BCUT2D eigenvalue weighted by Crippen LogP contribution is 2.67. The Morgan fingerprint density at radius 3 is 2.30 bits per heavy atom. The van der Waals surface area contributed by atoms with Crippen LogP contribution >= 0.6 is 0 Å². The van der Waals surface area contributed by atoms with Crippen LogP contribution in [-0.4, -0.2) is 27.7 Å². The highest BCUT2D eigenvalue weighted by Gasteiger charge is 2.61. The zero-order valence-electron chi connectivity index (χ0n) is 21.8. The van der Waals surface area contributed by atoms with Crippen molar-refractivity contribution in [2.75, 3.05) is 0 Å². The number of hydrogen-bond donors (Lipinski definition) is 0. The van der Waals surface area contributed by atoms with E-state index in [1.54, 1.807) is 6.92 Å². The number of nitrogens with zero attached hydrogens (tertiary/aromatic N) is 2. The molecule has 0 bridgehead atoms. The van der Waals surface area contributed by atoms with E-state index in [9.17, 15) is 29.8 Å². The second-order valence-corrected chi connectivity index (χ2v) is 12.5. The van der Waals surface area contributed by atoms with E-state index in [-0.39, 0.29) is 28.4 Å². The molecule has 4 aliphatic carbocycles. The number of Topliss-reactive ketones (excluding diaryl/α,β-unsaturated/α-hetero) is 1. The van der Waals surface area contributed by atoms with Crippen LogP contribution < -0.4 is 0 Å². The number of nitro benzene ring substituents is 2. The average molecular weight is 513 g/mol. The maximum absolute atomic E-state index is 12.9. The van der Waals surface area contributed by atoms with Gasteiger partial charge in [0.15, 0.2) is 0 Å². The summed E-state index contributed by atoms with van der Waals surface area (Å²) in [7, 11) is 0. The summed E-state index contributed by atoms with van der Waals surface area (Å²) in [6.07, 6.45) is 8.71. The average Bonchev–Trinajstić information content (AvgIpc) is 3.21. The van der Waals surface area contributed by atoms with E-state index < -0.39 is 27.2 Å². The van der Waals surface area contributed by atoms with Crippen LogP contribution in [0.25, 0.3) is 0 Å². The molecule has 0 amide bonds. The van der Waals surface area contributed by atoms with Gasteiger partial charge >= 0.3 is 5.97 Å². The predicted octanol–water partition coefficient (Wildman–Crippen LogP) is 6.28. The first-order valence-corrected chi connectivity index (χ1v) is 13.6. The third-order valence-electron chi connectivity index (χ3n) is 11.0. The molecule has 37 heavy (non-hydrogen) atoms. The second-order valence-electron chi connectivity index (χ2n) is 12.5. The summed E-state index contributed by atoms with van der Waals surface area (Å²) in [5.74, 6) is 2.03. The predicted molar refractivity (Wildman–Crippen MR) is 135 cm³/mol. The Kier molecular flexibility index (Phi) is 6.39. The molecule has 5 rings (SSSR count). The van der Waals surface area contributed by atoms with Gasteiger partial charge in [-0.1, -0.05) is 13.8 Å². The van der Waals surface area contributed by atoms with Crippen LogP contribution in [-0.2, 0) is 9.53 Å². The molecule has 0 spiro atoms. The maximum Gasteiger partial charge on any atom is 0.345 e. The zero-order valence-corrected chi connectivity index (χ0v) is 21.8. The lowest BCUT2D eigenvalue weighted by atomic mass is 9.44. The van der Waals surface area contributed by atoms with E-state index in [4.69, 9.17) is 4.74 Å². The minimum absolute atomic E-state index is 0.127. The lowest BCUT2D eigenvalue weighted by molar-refractivity contribution is -0.394. The van der Waals surface area contributed by atoms with Crippen molar-refractivity contribution in [1.82, 2.24) is 0 Å². The summed E-state index contributed by atoms with van der Waals surface area (Å²) in [5, 5.41) is 22.5. The van der Waals surface area contributed by atoms with Crippen molar-refractivity contribution in [3.8, 4) is 0 Å². The van der Waals surface area contributed by atoms with Crippen molar-refractivity contribution in [2.24, 2.45) is 40.4 Å². The molecular formula is C28H36N2O7. The largest absolute Gasteiger partial charge is 0.459 e. The van der Waals surface area contributed by atoms with Crippen molar-refractivity contribution >= 4 is 23.1 Å². The molecule has 9 heteroatoms. The summed E-state index contributed by atoms with van der Waals surface area (Å²) in [4.78, 5) is 46.3. The SMILES string of the molecule is CC(=O)[C@H]1CCC2C3CC[C@H]4C[C@H](OC(=O)c5ccc([N+](=O)[O-])cc5[N+](=O)[O-])CC[C@]4(C)C3CC[C@@]21C. The third-order valence-corrected chi connectivity index (χ3v) is 11.0. The van der Waals surface area contributed by atoms with Gasteiger partial charge in [-0.05, 0) is 105 Å². The first kappa shape index (κ1) is 25.8. The van der Waals surface area contributed by atoms with Gasteiger partial charge in [0.1, 0.15) is 17.5 Å². The Morgan fingerprint density at radius 1 is 0.919 bits per heavy atom. The van der Waals surface area contributed by atoms with E-state index in [0.717, 1.165) is 69.6 Å². The van der Waals surface area contributed by atoms with Crippen LogP contribution in [0.3, 0.4) is 0 Å². The number of benzene rings is 1. The molecular weight excluding hydrogens is 476 g/mol. The Balaban J connectivity index is 1.29. The second kappa shape index (κ2) is 9.17. The molecule has 0 N–H and O–H groups in total. The van der Waals surface area contributed by atoms with Gasteiger partial charge in [0.2, 0.25) is 0 Å². The number of rotatable bonds is 5. The first-order chi connectivity index (χ1) is 17.5. The standard InChI is InChI=1S/C28H36N2O7/c1-16(31)22-8-9-23-20-6-4-17-14-19(10-12-27(17,2)24(20)11-13-28(22,23)3)37-26(32)21-7-5-18(29(33)34)15-25(21)30(35)36/h5,7,15,17,19-20,22-24H,4,6,8-14H2,1-3H3/t17-,19+,20?,22+,23?,24?,27-,28+/m0/s1. The Labute approximate surface area is 216 Å². The number of ether oxygens (including phenoxy) is 1. The maximum atomic E-state index is 12.9. The van der Waals surface area contributed by atoms with Crippen LogP contribution in [0.15, 0.2) is 18.2 Å². The molecule has 200 valence electrons. The first-order valence-electron chi connectivity index (χ1n) is 13.6. The van der Waals surface area contributed by atoms with Gasteiger partial charge in [-0.25, -0.2) is 4.79 Å². The van der Waals surface area contributed by atoms with Crippen LogP contribution in [0.1, 0.15) is 88.9 Å². The van der Waals surface area contributed by atoms with Crippen LogP contribution in [0.4, 0.5) is 11.4 Å². The van der Waals surface area contributed by atoms with Crippen molar-refractivity contribution in [1.29, 1.82) is 0 Å². The van der Waals surface area contributed by atoms with Crippen molar-refractivity contribution in [2.45, 2.75) is 84.7 Å². The van der Waals surface area contributed by atoms with E-state index in [2.05, 4.69) is 13.8 Å². The normalized spacial score (nSPS) is 38.6. The number of carbonyl (C=O) groups excluding carboxylic acids is 2. The van der Waals surface area contributed by atoms with E-state index in [1.165, 1.54) is 0 Å². The number of carbonyl (C=O) groups is 2. The van der Waals surface area contributed by atoms with Crippen molar-refractivity contribution in [3.05, 3.63) is 44.0 Å². The van der Waals surface area contributed by atoms with Crippen LogP contribution in [0, 0.1) is 60.6 Å². The summed E-state index contributed by atoms with van der Waals surface area (Å²) >= 11 is 0. The summed E-state index contributed by atoms with van der Waals surface area (Å²) in [6, 6.07) is 3.03. The number of non-ortho nitro benzene ring substituents is 1. The molecule has 0 aromatic heterocycles. The van der Waals surface area contributed by atoms with Gasteiger partial charge < -0.3 is 4.74 Å². The minimum Gasteiger partial charge on any atom is -0.459 e. The zero-order chi connectivity index (χ0) is 26.7. The molecule has 0 saturated heterocycles. The summed E-state index contributed by atoms with van der Waals surface area (Å²) < 4.78 is 5.77. The monoisotopic (exact) mass is 512 g/mol. The molecule has 0 radical (unpaired) electrons. The number of hydrogen-bond acceptors (Lipinski definition) is 7. The van der Waals surface area contributed by atoms with Crippen molar-refractivity contribution in [3.63, 3.8) is 0 Å². The van der Waals surface area contributed by atoms with E-state index in [1.807, 2.05) is 0 Å². The smallest absolute Gasteiger partial charge is 0.345 e. The summed E-state index contributed by atoms with van der Waals surface area (Å²) in [5.41, 5.74) is -0.996. The molecule has 4 fully saturated rings. The molecule has 4 saturated carbocycles. The third kappa shape index (κ3) is 4.14. The topological polar surface area (TPSA) is 130 Å². The van der Waals surface area contributed by atoms with Gasteiger partial charge in [0.05, 0.1) is 15.9 Å². The van der Waals surface area contributed by atoms with E-state index >= 15 is 0 Å². The fraction of sp³-hybridized carbons (Fsp3) is 0.714. The molecule has 1 aromatic carbocycles. The van der Waals surface area contributed by atoms with Crippen molar-refractivity contribution < 1.29 is 24.2 Å². The Bertz CT molecular complexity index is 1150. The fourth-order valence-electron chi connectivity index (χ4n) is 9.17. The number of fused-ring (bicyclic) bond motifs is 5. The minimum atomic E-state index is -0.793. The van der Waals surface area contributed by atoms with Crippen LogP contribution in [0.2, 0.25) is 0 Å². The lowest BCUT2D eigenvalue weighted by Crippen LogP contribution is -2.54. The van der Waals surface area contributed by atoms with Gasteiger partial charge in [0, 0.05) is 12.0 Å². The molecule has 4 aliphatic rings. The highest BCUT2D eigenvalue weighted by atomic mass is 16.6. The Hall–Kier alpha value is -2.84. The number of nitro groups is 2. The molecule has 8 atom stereocenters. The molecule has 0 aliphatic heterocycles. The molecule has 0 heterocycles. The highest BCUT2D eigenvalue weighted by molar-refractivity contribution is 5.94. The molecule has 1 aromatic rings. The van der Waals surface area contributed by atoms with Crippen LogP contribution in [0.5, 0.6) is 0 Å². The van der Waals surface area contributed by atoms with Gasteiger partial charge in [-0.2, -0.15) is 0 Å². The number of esters is 1. The molecule has 9 nitrogen and oxygen atoms in total. The lowest BCUT2D eigenvalue weighted by Gasteiger charge is -2.61. The van der Waals surface area contributed by atoms with E-state index in [0.29, 0.717) is 35.9 Å². The van der Waals surface area contributed by atoms with Gasteiger partial charge in [-0.15, -0.1) is 0 Å². The molecule has 3 unspecified atom stereocenters. The van der Waals surface area contributed by atoms with Gasteiger partial charge in [0.25, 0.3) is 11.4 Å². The Morgan fingerprint density at radius 2 is 1.62 bits per heavy atom. The van der Waals surface area contributed by atoms with Gasteiger partial charge in [-0.3, -0.25) is 25.0 Å². The number of ketones is 1. The summed E-state index contributed by atoms with van der Waals surface area (Å²) in [6.45, 7) is 6.53.